The van der Waals surface area contributed by atoms with Gasteiger partial charge in [0.25, 0.3) is 5.91 Å². The molecule has 0 radical (unpaired) electrons. The molecule has 6 heteroatoms. The van der Waals surface area contributed by atoms with E-state index in [0.717, 1.165) is 42.6 Å². The van der Waals surface area contributed by atoms with Gasteiger partial charge >= 0.3 is 5.97 Å². The predicted octanol–water partition coefficient (Wildman–Crippen LogP) is 2.96. The van der Waals surface area contributed by atoms with Gasteiger partial charge < -0.3 is 10.1 Å². The highest BCUT2D eigenvalue weighted by Gasteiger charge is 2.31. The fourth-order valence-electron chi connectivity index (χ4n) is 3.61. The van der Waals surface area contributed by atoms with Crippen molar-refractivity contribution in [1.29, 1.82) is 0 Å². The summed E-state index contributed by atoms with van der Waals surface area (Å²) in [6.07, 6.45) is 3.88. The summed E-state index contributed by atoms with van der Waals surface area (Å²) < 4.78 is 4.91. The number of fused-ring (bicyclic) bond motifs is 1. The average Bonchev–Trinajstić information content (AvgIpc) is 2.66. The van der Waals surface area contributed by atoms with Gasteiger partial charge in [0, 0.05) is 12.1 Å². The zero-order valence-electron chi connectivity index (χ0n) is 15.5. The molecule has 1 aliphatic carbocycles. The molecule has 2 unspecified atom stereocenters. The number of hydrogen-bond acceptors (Lipinski definition) is 5. The standard InChI is InChI=1S/C20H25N3O3/c1-12-13(2)23-18-10-14(8-9-17(18)22-12)19(24)21-11-15-6-4-5-7-16(15)20(25)26-3/h8-10,15-16H,4-7,11H2,1-3H3,(H,21,24). The van der Waals surface area contributed by atoms with Crippen molar-refractivity contribution in [2.75, 3.05) is 13.7 Å². The molecule has 0 saturated heterocycles. The molecule has 1 aromatic heterocycles. The summed E-state index contributed by atoms with van der Waals surface area (Å²) in [7, 11) is 1.42. The molecule has 1 N–H and O–H groups in total. The van der Waals surface area contributed by atoms with Gasteiger partial charge in [0.2, 0.25) is 0 Å². The monoisotopic (exact) mass is 355 g/mol. The van der Waals surface area contributed by atoms with Crippen molar-refractivity contribution < 1.29 is 14.3 Å². The fourth-order valence-corrected chi connectivity index (χ4v) is 3.61. The lowest BCUT2D eigenvalue weighted by Crippen LogP contribution is -2.37. The third-order valence-electron chi connectivity index (χ3n) is 5.28. The number of esters is 1. The number of carbonyl (C=O) groups is 2. The highest BCUT2D eigenvalue weighted by atomic mass is 16.5. The first kappa shape index (κ1) is 18.3. The third-order valence-corrected chi connectivity index (χ3v) is 5.28. The Balaban J connectivity index is 1.70. The zero-order chi connectivity index (χ0) is 18.7. The fraction of sp³-hybridized carbons (Fsp3) is 0.500. The molecule has 0 bridgehead atoms. The Morgan fingerprint density at radius 3 is 2.54 bits per heavy atom. The van der Waals surface area contributed by atoms with Gasteiger partial charge in [-0.1, -0.05) is 12.8 Å². The molecular weight excluding hydrogens is 330 g/mol. The Bertz CT molecular complexity index is 834. The number of amides is 1. The van der Waals surface area contributed by atoms with Crippen LogP contribution in [-0.2, 0) is 9.53 Å². The van der Waals surface area contributed by atoms with Crippen LogP contribution in [0.2, 0.25) is 0 Å². The van der Waals surface area contributed by atoms with Crippen molar-refractivity contribution in [1.82, 2.24) is 15.3 Å². The molecular formula is C20H25N3O3. The molecule has 0 spiro atoms. The van der Waals surface area contributed by atoms with Crippen LogP contribution in [0.5, 0.6) is 0 Å². The summed E-state index contributed by atoms with van der Waals surface area (Å²) in [4.78, 5) is 33.5. The zero-order valence-corrected chi connectivity index (χ0v) is 15.5. The number of ether oxygens (including phenoxy) is 1. The molecule has 1 aliphatic rings. The molecule has 2 atom stereocenters. The van der Waals surface area contributed by atoms with Crippen LogP contribution in [0.25, 0.3) is 11.0 Å². The van der Waals surface area contributed by atoms with Gasteiger partial charge in [-0.3, -0.25) is 9.59 Å². The van der Waals surface area contributed by atoms with Crippen molar-refractivity contribution >= 4 is 22.9 Å². The summed E-state index contributed by atoms with van der Waals surface area (Å²) in [6.45, 7) is 4.31. The van der Waals surface area contributed by atoms with Gasteiger partial charge in [0.15, 0.2) is 0 Å². The van der Waals surface area contributed by atoms with E-state index in [9.17, 15) is 9.59 Å². The van der Waals surface area contributed by atoms with Crippen LogP contribution in [-0.4, -0.2) is 35.5 Å². The van der Waals surface area contributed by atoms with E-state index in [1.165, 1.54) is 7.11 Å². The maximum Gasteiger partial charge on any atom is 0.309 e. The van der Waals surface area contributed by atoms with E-state index in [-0.39, 0.29) is 23.7 Å². The molecule has 1 amide bonds. The van der Waals surface area contributed by atoms with Gasteiger partial charge in [0.1, 0.15) is 0 Å². The maximum absolute atomic E-state index is 12.6. The van der Waals surface area contributed by atoms with Crippen molar-refractivity contribution in [2.45, 2.75) is 39.5 Å². The van der Waals surface area contributed by atoms with Crippen LogP contribution >= 0.6 is 0 Å². The van der Waals surface area contributed by atoms with Crippen molar-refractivity contribution in [3.05, 3.63) is 35.2 Å². The summed E-state index contributed by atoms with van der Waals surface area (Å²) in [5, 5.41) is 2.97. The molecule has 6 nitrogen and oxygen atoms in total. The minimum Gasteiger partial charge on any atom is -0.469 e. The number of rotatable bonds is 4. The molecule has 0 aliphatic heterocycles. The predicted molar refractivity (Wildman–Crippen MR) is 98.8 cm³/mol. The largest absolute Gasteiger partial charge is 0.469 e. The Kier molecular flexibility index (Phi) is 5.49. The molecule has 1 aromatic carbocycles. The van der Waals surface area contributed by atoms with Crippen molar-refractivity contribution in [2.24, 2.45) is 11.8 Å². The number of carbonyl (C=O) groups excluding carboxylic acids is 2. The van der Waals surface area contributed by atoms with E-state index in [1.807, 2.05) is 19.9 Å². The molecule has 2 aromatic rings. The topological polar surface area (TPSA) is 81.2 Å². The third kappa shape index (κ3) is 3.84. The van der Waals surface area contributed by atoms with Crippen LogP contribution in [0.4, 0.5) is 0 Å². The first-order valence-electron chi connectivity index (χ1n) is 9.10. The molecule has 1 saturated carbocycles. The lowest BCUT2D eigenvalue weighted by atomic mass is 9.79. The Morgan fingerprint density at radius 1 is 1.12 bits per heavy atom. The first-order valence-corrected chi connectivity index (χ1v) is 9.10. The van der Waals surface area contributed by atoms with Crippen LogP contribution in [0, 0.1) is 25.7 Å². The minimum absolute atomic E-state index is 0.123. The quantitative estimate of drug-likeness (QED) is 0.853. The Labute approximate surface area is 153 Å². The highest BCUT2D eigenvalue weighted by molar-refractivity contribution is 5.97. The normalized spacial score (nSPS) is 20.0. The second-order valence-electron chi connectivity index (χ2n) is 6.98. The number of hydrogen-bond donors (Lipinski definition) is 1. The molecule has 26 heavy (non-hydrogen) atoms. The van der Waals surface area contributed by atoms with Gasteiger partial charge in [0.05, 0.1) is 35.4 Å². The number of methoxy groups -OCH3 is 1. The molecule has 1 fully saturated rings. The van der Waals surface area contributed by atoms with Gasteiger partial charge in [-0.2, -0.15) is 0 Å². The SMILES string of the molecule is COC(=O)C1CCCCC1CNC(=O)c1ccc2nc(C)c(C)nc2c1. The number of benzene rings is 1. The summed E-state index contributed by atoms with van der Waals surface area (Å²) >= 11 is 0. The van der Waals surface area contributed by atoms with E-state index in [0.29, 0.717) is 17.6 Å². The second-order valence-corrected chi connectivity index (χ2v) is 6.98. The number of nitrogens with one attached hydrogen (secondary N) is 1. The molecule has 1 heterocycles. The Morgan fingerprint density at radius 2 is 1.81 bits per heavy atom. The van der Waals surface area contributed by atoms with E-state index < -0.39 is 0 Å². The number of nitrogens with zero attached hydrogens (tertiary/aromatic N) is 2. The van der Waals surface area contributed by atoms with E-state index >= 15 is 0 Å². The second kappa shape index (κ2) is 7.81. The van der Waals surface area contributed by atoms with Gasteiger partial charge in [-0.15, -0.1) is 0 Å². The minimum atomic E-state index is -0.171. The summed E-state index contributed by atoms with van der Waals surface area (Å²) in [5.41, 5.74) is 3.80. The van der Waals surface area contributed by atoms with Crippen LogP contribution in [0.1, 0.15) is 47.4 Å². The highest BCUT2D eigenvalue weighted by Crippen LogP contribution is 2.30. The molecule has 3 rings (SSSR count). The molecule has 138 valence electrons. The van der Waals surface area contributed by atoms with E-state index in [4.69, 9.17) is 4.74 Å². The summed E-state index contributed by atoms with van der Waals surface area (Å²) in [6, 6.07) is 5.35. The average molecular weight is 355 g/mol. The van der Waals surface area contributed by atoms with Crippen molar-refractivity contribution in [3.8, 4) is 0 Å². The van der Waals surface area contributed by atoms with E-state index in [2.05, 4.69) is 15.3 Å². The first-order chi connectivity index (χ1) is 12.5. The van der Waals surface area contributed by atoms with Crippen LogP contribution in [0.3, 0.4) is 0 Å². The maximum atomic E-state index is 12.6. The number of aromatic nitrogens is 2. The lowest BCUT2D eigenvalue weighted by Gasteiger charge is -2.29. The van der Waals surface area contributed by atoms with Gasteiger partial charge in [-0.25, -0.2) is 9.97 Å². The lowest BCUT2D eigenvalue weighted by molar-refractivity contribution is -0.148. The van der Waals surface area contributed by atoms with E-state index in [1.54, 1.807) is 12.1 Å². The smallest absolute Gasteiger partial charge is 0.309 e. The van der Waals surface area contributed by atoms with Crippen LogP contribution < -0.4 is 5.32 Å². The van der Waals surface area contributed by atoms with Gasteiger partial charge in [-0.05, 0) is 50.8 Å². The summed E-state index contributed by atoms with van der Waals surface area (Å²) in [5.74, 6) is -0.315. The van der Waals surface area contributed by atoms with Crippen LogP contribution in [0.15, 0.2) is 18.2 Å². The Hall–Kier alpha value is -2.50. The number of aryl methyl sites for hydroxylation is 2. The van der Waals surface area contributed by atoms with Crippen molar-refractivity contribution in [3.63, 3.8) is 0 Å².